The second kappa shape index (κ2) is 34.6. The van der Waals surface area contributed by atoms with E-state index in [0.717, 1.165) is 51.4 Å². The maximum atomic E-state index is 12.7. The van der Waals surface area contributed by atoms with Gasteiger partial charge in [0.1, 0.15) is 13.2 Å². The molecule has 0 radical (unpaired) electrons. The number of amides is 1. The number of hydrogen-bond acceptors (Lipinski definition) is 8. The highest BCUT2D eigenvalue weighted by molar-refractivity contribution is 5.70. The first-order valence-electron chi connectivity index (χ1n) is 22.0. The molecule has 0 aliphatic rings. The van der Waals surface area contributed by atoms with Crippen LogP contribution in [-0.4, -0.2) is 68.8 Å². The summed E-state index contributed by atoms with van der Waals surface area (Å²) in [5.41, 5.74) is -0.657. The summed E-state index contributed by atoms with van der Waals surface area (Å²) in [7, 11) is 1.70. The van der Waals surface area contributed by atoms with E-state index in [4.69, 9.17) is 23.7 Å². The molecule has 2 atom stereocenters. The summed E-state index contributed by atoms with van der Waals surface area (Å²) in [4.78, 5) is 37.9. The Balaban J connectivity index is 4.64. The van der Waals surface area contributed by atoms with Crippen molar-refractivity contribution >= 4 is 18.0 Å². The van der Waals surface area contributed by atoms with Crippen LogP contribution >= 0.6 is 0 Å². The molecule has 0 fully saturated rings. The van der Waals surface area contributed by atoms with Gasteiger partial charge in [0.2, 0.25) is 0 Å². The van der Waals surface area contributed by atoms with E-state index in [2.05, 4.69) is 26.1 Å². The molecule has 0 rings (SSSR count). The number of nitrogens with one attached hydrogen (secondary N) is 1. The minimum absolute atomic E-state index is 0.131. The lowest BCUT2D eigenvalue weighted by Crippen LogP contribution is -2.37. The van der Waals surface area contributed by atoms with Crippen LogP contribution in [0.5, 0.6) is 0 Å². The van der Waals surface area contributed by atoms with Gasteiger partial charge in [0.15, 0.2) is 6.10 Å². The molecule has 2 unspecified atom stereocenters. The van der Waals surface area contributed by atoms with Gasteiger partial charge in [-0.05, 0) is 52.9 Å². The molecule has 0 aromatic heterocycles. The first-order valence-corrected chi connectivity index (χ1v) is 22.0. The van der Waals surface area contributed by atoms with Gasteiger partial charge in [-0.15, -0.1) is 0 Å². The largest absolute Gasteiger partial charge is 0.462 e. The van der Waals surface area contributed by atoms with Crippen molar-refractivity contribution in [2.24, 2.45) is 0 Å². The van der Waals surface area contributed by atoms with Crippen molar-refractivity contribution < 1.29 is 38.1 Å². The number of rotatable bonds is 38. The van der Waals surface area contributed by atoms with Gasteiger partial charge in [-0.2, -0.15) is 0 Å². The van der Waals surface area contributed by atoms with Crippen LogP contribution in [0.1, 0.15) is 215 Å². The van der Waals surface area contributed by atoms with Crippen molar-refractivity contribution in [2.45, 2.75) is 232 Å². The quantitative estimate of drug-likeness (QED) is 0.0377. The Hall–Kier alpha value is -1.87. The second-order valence-electron chi connectivity index (χ2n) is 16.0. The van der Waals surface area contributed by atoms with Crippen molar-refractivity contribution in [1.82, 2.24) is 5.32 Å². The molecule has 0 heterocycles. The van der Waals surface area contributed by atoms with Crippen LogP contribution in [0.2, 0.25) is 0 Å². The molecule has 1 N–H and O–H groups in total. The third kappa shape index (κ3) is 33.2. The average molecular weight is 756 g/mol. The average Bonchev–Trinajstić information content (AvgIpc) is 3.13. The molecule has 9 nitrogen and oxygen atoms in total. The zero-order chi connectivity index (χ0) is 39.5. The summed E-state index contributed by atoms with van der Waals surface area (Å²) in [5, 5.41) is 2.79. The summed E-state index contributed by atoms with van der Waals surface area (Å²) in [6.07, 6.45) is 27.8. The molecule has 0 spiro atoms. The van der Waals surface area contributed by atoms with Gasteiger partial charge in [0.05, 0.1) is 17.8 Å². The maximum Gasteiger partial charge on any atom is 0.407 e. The Bertz CT molecular complexity index is 881. The van der Waals surface area contributed by atoms with Crippen LogP contribution in [0.25, 0.3) is 0 Å². The van der Waals surface area contributed by atoms with Crippen molar-refractivity contribution in [2.75, 3.05) is 33.5 Å². The molecule has 1 amide bonds. The molecule has 314 valence electrons. The van der Waals surface area contributed by atoms with Gasteiger partial charge in [-0.1, -0.05) is 149 Å². The van der Waals surface area contributed by atoms with Crippen LogP contribution in [0.3, 0.4) is 0 Å². The predicted octanol–water partition coefficient (Wildman–Crippen LogP) is 12.0. The van der Waals surface area contributed by atoms with E-state index in [0.29, 0.717) is 32.4 Å². The van der Waals surface area contributed by atoms with Gasteiger partial charge < -0.3 is 29.0 Å². The van der Waals surface area contributed by atoms with Crippen LogP contribution in [0.4, 0.5) is 4.79 Å². The molecule has 0 saturated heterocycles. The van der Waals surface area contributed by atoms with Crippen LogP contribution in [0, 0.1) is 0 Å². The molecule has 0 bridgehead atoms. The first kappa shape index (κ1) is 51.1. The van der Waals surface area contributed by atoms with E-state index < -0.39 is 17.8 Å². The maximum absolute atomic E-state index is 12.7. The highest BCUT2D eigenvalue weighted by Gasteiger charge is 2.25. The zero-order valence-corrected chi connectivity index (χ0v) is 35.8. The Morgan fingerprint density at radius 3 is 1.45 bits per heavy atom. The number of hydrogen-bond donors (Lipinski definition) is 1. The number of esters is 2. The Morgan fingerprint density at radius 2 is 1.00 bits per heavy atom. The molecule has 9 heteroatoms. The number of carbonyl (C=O) groups excluding carboxylic acids is 3. The lowest BCUT2D eigenvalue weighted by atomic mass is 9.98. The normalized spacial score (nSPS) is 13.3. The van der Waals surface area contributed by atoms with Crippen molar-refractivity contribution in [1.29, 1.82) is 0 Å². The molecule has 0 aliphatic heterocycles. The number of ether oxygens (including phenoxy) is 5. The Labute approximate surface area is 326 Å². The fourth-order valence-electron chi connectivity index (χ4n) is 6.13. The fraction of sp³-hybridized carbons (Fsp3) is 0.932. The van der Waals surface area contributed by atoms with E-state index in [-0.39, 0.29) is 30.8 Å². The summed E-state index contributed by atoms with van der Waals surface area (Å²) in [5.74, 6) is -0.673. The molecule has 0 saturated carbocycles. The molecular weight excluding hydrogens is 670 g/mol. The van der Waals surface area contributed by atoms with E-state index in [9.17, 15) is 14.4 Å². The van der Waals surface area contributed by atoms with Gasteiger partial charge in [0.25, 0.3) is 0 Å². The van der Waals surface area contributed by atoms with E-state index in [1.54, 1.807) is 7.11 Å². The van der Waals surface area contributed by atoms with E-state index in [1.165, 1.54) is 103 Å². The fourth-order valence-corrected chi connectivity index (χ4v) is 6.13. The zero-order valence-electron chi connectivity index (χ0n) is 35.8. The topological polar surface area (TPSA) is 109 Å². The monoisotopic (exact) mass is 756 g/mol. The summed E-state index contributed by atoms with van der Waals surface area (Å²) >= 11 is 0. The predicted molar refractivity (Wildman–Crippen MR) is 217 cm³/mol. The van der Waals surface area contributed by atoms with Gasteiger partial charge in [-0.3, -0.25) is 9.59 Å². The standard InChI is InChI=1S/C44H85NO8/c1-8-11-13-15-17-19-21-23-25-27-29-31-40(46)50-37-39(53-41(47)32-30-28-26-24-22-20-18-16-14-12-9-2)38-51-42(48)45-35-33-44(6,10-3)52-36-34-43(4,5)49-7/h39H,8-38H2,1-7H3,(H,45,48). The van der Waals surface area contributed by atoms with Crippen molar-refractivity contribution in [3.05, 3.63) is 0 Å². The highest BCUT2D eigenvalue weighted by atomic mass is 16.6. The van der Waals surface area contributed by atoms with Gasteiger partial charge >= 0.3 is 18.0 Å². The molecule has 0 aromatic rings. The third-order valence-electron chi connectivity index (χ3n) is 10.5. The van der Waals surface area contributed by atoms with Gasteiger partial charge in [0, 0.05) is 26.5 Å². The molecule has 0 aliphatic carbocycles. The van der Waals surface area contributed by atoms with Crippen molar-refractivity contribution in [3.8, 4) is 0 Å². The number of methoxy groups -OCH3 is 1. The Kier molecular flexibility index (Phi) is 33.4. The van der Waals surface area contributed by atoms with E-state index in [1.807, 2.05) is 20.8 Å². The number of alkyl carbamates (subject to hydrolysis) is 1. The number of unbranched alkanes of at least 4 members (excludes halogenated alkanes) is 20. The second-order valence-corrected chi connectivity index (χ2v) is 16.0. The SMILES string of the molecule is CCCCCCCCCCCCCC(=O)OCC(COC(=O)NCCC(C)(CC)OCCC(C)(C)OC)OC(=O)CCCCCCCCCCCCC. The van der Waals surface area contributed by atoms with Crippen LogP contribution in [0.15, 0.2) is 0 Å². The van der Waals surface area contributed by atoms with Crippen molar-refractivity contribution in [3.63, 3.8) is 0 Å². The minimum atomic E-state index is -0.851. The summed E-state index contributed by atoms with van der Waals surface area (Å²) < 4.78 is 28.2. The number of carbonyl (C=O) groups is 3. The van der Waals surface area contributed by atoms with E-state index >= 15 is 0 Å². The first-order chi connectivity index (χ1) is 25.5. The highest BCUT2D eigenvalue weighted by Crippen LogP contribution is 2.22. The van der Waals surface area contributed by atoms with Crippen LogP contribution < -0.4 is 5.32 Å². The Morgan fingerprint density at radius 1 is 0.566 bits per heavy atom. The molecular formula is C44H85NO8. The summed E-state index contributed by atoms with van der Waals surface area (Å²) in [6.45, 7) is 13.3. The molecule has 53 heavy (non-hydrogen) atoms. The lowest BCUT2D eigenvalue weighted by Gasteiger charge is -2.31. The molecule has 0 aromatic carbocycles. The minimum Gasteiger partial charge on any atom is -0.462 e. The summed E-state index contributed by atoms with van der Waals surface area (Å²) in [6, 6.07) is 0. The third-order valence-corrected chi connectivity index (χ3v) is 10.5. The van der Waals surface area contributed by atoms with Crippen LogP contribution in [-0.2, 0) is 33.3 Å². The van der Waals surface area contributed by atoms with Gasteiger partial charge in [-0.25, -0.2) is 4.79 Å². The smallest absolute Gasteiger partial charge is 0.407 e. The lowest BCUT2D eigenvalue weighted by molar-refractivity contribution is -0.161.